The van der Waals surface area contributed by atoms with Crippen molar-refractivity contribution in [2.24, 2.45) is 23.7 Å². The first-order valence-corrected chi connectivity index (χ1v) is 19.4. The molecule has 2 saturated carbocycles. The molecule has 3 aliphatic heterocycles. The fourth-order valence-corrected chi connectivity index (χ4v) is 8.28. The van der Waals surface area contributed by atoms with Crippen LogP contribution in [-0.4, -0.2) is 136 Å². The molecule has 3 aromatic rings. The van der Waals surface area contributed by atoms with Gasteiger partial charge in [-0.05, 0) is 17.2 Å². The zero-order chi connectivity index (χ0) is 50.7. The molecule has 0 bridgehead atoms. The Labute approximate surface area is 381 Å². The average molecular weight is 941 g/mol. The number of methoxy groups -OCH3 is 3. The first-order chi connectivity index (χ1) is 32.0. The number of hydrogen-bond donors (Lipinski definition) is 0. The number of nitro benzene ring substituents is 3. The second kappa shape index (κ2) is 19.1. The number of non-ortho nitro benzene ring substituents is 3. The summed E-state index contributed by atoms with van der Waals surface area (Å²) in [4.78, 5) is 141. The van der Waals surface area contributed by atoms with Gasteiger partial charge in [0.05, 0.1) is 65.3 Å². The van der Waals surface area contributed by atoms with Crippen LogP contribution in [0.5, 0.6) is 0 Å². The van der Waals surface area contributed by atoms with Gasteiger partial charge in [0.2, 0.25) is 23.6 Å². The van der Waals surface area contributed by atoms with Gasteiger partial charge in [0, 0.05) is 69.7 Å². The van der Waals surface area contributed by atoms with Crippen LogP contribution in [0.4, 0.5) is 17.1 Å². The van der Waals surface area contributed by atoms with E-state index in [2.05, 4.69) is 9.53 Å². The Kier molecular flexibility index (Phi) is 14.0. The summed E-state index contributed by atoms with van der Waals surface area (Å²) in [7, 11) is 7.59. The summed E-state index contributed by atoms with van der Waals surface area (Å²) in [6.45, 7) is 0. The summed E-state index contributed by atoms with van der Waals surface area (Å²) in [5.74, 6) is -8.06. The highest BCUT2D eigenvalue weighted by molar-refractivity contribution is 6.40. The molecular formula is C42H36N8O18. The summed E-state index contributed by atoms with van der Waals surface area (Å²) in [5.41, 5.74) is 5.37. The standard InChI is InChI=1S/2C14H12N2O6.C9H7N3O4.C5H5NO2/c2*1-15-11(17)9-10(12(15)18)14(9,13(19)22-2)7-4-3-5-8(6-7)16(20)21;1-16-9(13)8(11-10)6-3-2-4-7(5-6)12(14)15;1-6-4(7)2-3-5(6)8/h2*3-6,9-10H,1-2H3;2-5H,1H3;2-3H,1H3. The lowest BCUT2D eigenvalue weighted by Gasteiger charge is -2.21. The van der Waals surface area contributed by atoms with Crippen LogP contribution < -0.4 is 0 Å². The second-order valence-corrected chi connectivity index (χ2v) is 15.0. The minimum absolute atomic E-state index is 0.114. The van der Waals surface area contributed by atoms with Crippen molar-refractivity contribution in [1.82, 2.24) is 14.7 Å². The Morgan fingerprint density at radius 3 is 1.18 bits per heavy atom. The van der Waals surface area contributed by atoms with Crippen LogP contribution in [0.25, 0.3) is 5.53 Å². The number of piperidine rings is 2. The number of hydrogen-bond acceptors (Lipinski definition) is 18. The SMILES string of the molecule is CN1C(=O)C=CC1=O.COC(=O)C(=[N+]=[N-])c1cccc([N+](=O)[O-])c1.COC(=O)C1(c2cccc([N+](=O)[O-])c2)C2C(=O)N(C)C(=O)C21.COC(=O)C1(c2cccc([N+](=O)[O-])c2)C2C(=O)N(C)C(=O)C21. The van der Waals surface area contributed by atoms with Crippen molar-refractivity contribution in [1.29, 1.82) is 0 Å². The number of fused-ring (bicyclic) bond motifs is 2. The van der Waals surface area contributed by atoms with E-state index < -0.39 is 90.8 Å². The van der Waals surface area contributed by atoms with Crippen molar-refractivity contribution in [2.75, 3.05) is 42.5 Å². The molecule has 5 aliphatic rings. The number of nitrogens with zero attached hydrogens (tertiary/aromatic N) is 8. The maximum Gasteiger partial charge on any atom is 0.422 e. The smallest absolute Gasteiger partial charge is 0.422 e. The molecule has 4 atom stereocenters. The largest absolute Gasteiger partial charge is 0.468 e. The Morgan fingerprint density at radius 1 is 0.559 bits per heavy atom. The van der Waals surface area contributed by atoms with Crippen LogP contribution in [0.1, 0.15) is 16.7 Å². The van der Waals surface area contributed by atoms with E-state index in [9.17, 15) is 73.5 Å². The van der Waals surface area contributed by atoms with Crippen molar-refractivity contribution in [3.63, 3.8) is 0 Å². The molecule has 26 heteroatoms. The highest BCUT2D eigenvalue weighted by Crippen LogP contribution is 2.66. The van der Waals surface area contributed by atoms with Crippen LogP contribution in [0.15, 0.2) is 84.9 Å². The van der Waals surface area contributed by atoms with Crippen molar-refractivity contribution < 1.29 is 76.9 Å². The third-order valence-electron chi connectivity index (χ3n) is 11.8. The average Bonchev–Trinajstić information content (AvgIpc) is 4.16. The van der Waals surface area contributed by atoms with E-state index in [1.807, 2.05) is 0 Å². The number of ether oxygens (including phenoxy) is 3. The predicted octanol–water partition coefficient (Wildman–Crippen LogP) is 0.828. The van der Waals surface area contributed by atoms with Crippen molar-refractivity contribution in [2.45, 2.75) is 10.8 Å². The normalized spacial score (nSPS) is 23.2. The van der Waals surface area contributed by atoms with Crippen LogP contribution in [0, 0.1) is 54.0 Å². The van der Waals surface area contributed by atoms with Gasteiger partial charge in [-0.25, -0.2) is 4.79 Å². The highest BCUT2D eigenvalue weighted by Gasteiger charge is 2.83. The molecule has 26 nitrogen and oxygen atoms in total. The van der Waals surface area contributed by atoms with E-state index in [0.717, 1.165) is 42.1 Å². The first-order valence-electron chi connectivity index (χ1n) is 19.4. The molecular weight excluding hydrogens is 904 g/mol. The van der Waals surface area contributed by atoms with Gasteiger partial charge in [0.15, 0.2) is 0 Å². The summed E-state index contributed by atoms with van der Waals surface area (Å²) in [5, 5.41) is 32.3. The predicted molar refractivity (Wildman–Crippen MR) is 223 cm³/mol. The topological polar surface area (TPSA) is 357 Å². The molecule has 6 amide bonds. The van der Waals surface area contributed by atoms with Crippen LogP contribution >= 0.6 is 0 Å². The number of rotatable bonds is 9. The van der Waals surface area contributed by atoms with E-state index in [1.165, 1.54) is 100 Å². The summed E-state index contributed by atoms with van der Waals surface area (Å²) < 4.78 is 13.9. The number of likely N-dealkylation sites (N-methyl/N-ethyl adjacent to an activating group) is 1. The van der Waals surface area contributed by atoms with Gasteiger partial charge < -0.3 is 19.7 Å². The number of imide groups is 3. The van der Waals surface area contributed by atoms with Crippen LogP contribution in [0.2, 0.25) is 0 Å². The number of benzene rings is 3. The molecule has 3 aromatic carbocycles. The Bertz CT molecular complexity index is 2650. The zero-order valence-electron chi connectivity index (χ0n) is 36.3. The molecule has 0 spiro atoms. The third kappa shape index (κ3) is 8.32. The number of nitro groups is 3. The van der Waals surface area contributed by atoms with Gasteiger partial charge in [0.25, 0.3) is 28.9 Å². The maximum absolute atomic E-state index is 12.3. The molecule has 0 aromatic heterocycles. The monoisotopic (exact) mass is 940 g/mol. The van der Waals surface area contributed by atoms with Crippen molar-refractivity contribution >= 4 is 76.1 Å². The summed E-state index contributed by atoms with van der Waals surface area (Å²) in [6, 6.07) is 16.0. The summed E-state index contributed by atoms with van der Waals surface area (Å²) in [6.07, 6.45) is 2.50. The third-order valence-corrected chi connectivity index (χ3v) is 11.8. The lowest BCUT2D eigenvalue weighted by molar-refractivity contribution is -0.385. The number of likely N-dealkylation sites (tertiary alicyclic amines) is 2. The van der Waals surface area contributed by atoms with Gasteiger partial charge >= 0.3 is 23.6 Å². The Morgan fingerprint density at radius 2 is 0.897 bits per heavy atom. The molecule has 4 fully saturated rings. The van der Waals surface area contributed by atoms with Gasteiger partial charge in [-0.3, -0.25) is 83.4 Å². The second-order valence-electron chi connectivity index (χ2n) is 15.0. The van der Waals surface area contributed by atoms with Crippen LogP contribution in [-0.2, 0) is 68.2 Å². The minimum Gasteiger partial charge on any atom is -0.468 e. The zero-order valence-corrected chi connectivity index (χ0v) is 36.3. The molecule has 2 saturated heterocycles. The Hall–Kier alpha value is -9.19. The van der Waals surface area contributed by atoms with E-state index in [1.54, 1.807) is 0 Å². The molecule has 68 heavy (non-hydrogen) atoms. The molecule has 0 radical (unpaired) electrons. The van der Waals surface area contributed by atoms with Gasteiger partial charge in [-0.15, -0.1) is 0 Å². The minimum atomic E-state index is -1.44. The van der Waals surface area contributed by atoms with E-state index in [-0.39, 0.29) is 51.3 Å². The highest BCUT2D eigenvalue weighted by atomic mass is 16.6. The number of carbonyl (C=O) groups is 9. The quantitative estimate of drug-likeness (QED) is 0.0419. The fourth-order valence-electron chi connectivity index (χ4n) is 8.28. The molecule has 4 unspecified atom stereocenters. The lowest BCUT2D eigenvalue weighted by Crippen LogP contribution is -2.40. The summed E-state index contributed by atoms with van der Waals surface area (Å²) >= 11 is 0. The van der Waals surface area contributed by atoms with E-state index in [4.69, 9.17) is 15.0 Å². The molecule has 3 heterocycles. The van der Waals surface area contributed by atoms with Gasteiger partial charge in [-0.2, -0.15) is 4.79 Å². The maximum atomic E-state index is 12.3. The van der Waals surface area contributed by atoms with Crippen molar-refractivity contribution in [3.05, 3.63) is 138 Å². The van der Waals surface area contributed by atoms with Gasteiger partial charge in [-0.1, -0.05) is 30.3 Å². The molecule has 0 N–H and O–H groups in total. The first kappa shape index (κ1) is 49.8. The number of carbonyl (C=O) groups excluding carboxylic acids is 9. The fraction of sp³-hybridized carbons (Fsp3) is 0.286. The molecule has 2 aliphatic carbocycles. The van der Waals surface area contributed by atoms with Crippen LogP contribution in [0.3, 0.4) is 0 Å². The number of amides is 6. The number of esters is 3. The molecule has 8 rings (SSSR count). The Balaban J connectivity index is 0.000000178. The van der Waals surface area contributed by atoms with Crippen molar-refractivity contribution in [3.8, 4) is 0 Å². The molecule has 352 valence electrons. The van der Waals surface area contributed by atoms with E-state index >= 15 is 0 Å². The van der Waals surface area contributed by atoms with E-state index in [0.29, 0.717) is 0 Å². The van der Waals surface area contributed by atoms with Gasteiger partial charge in [0.1, 0.15) is 10.8 Å². The lowest BCUT2D eigenvalue weighted by atomic mass is 9.89.